The normalized spacial score (nSPS) is 13.7. The molecule has 7 heteroatoms. The van der Waals surface area contributed by atoms with Gasteiger partial charge in [0.15, 0.2) is 5.16 Å². The standard InChI is InChI=1S/C15H19N3O2S2/c1-2-3-7-18-14(20)12-9-5-4-6-10(9)22-13(12)17-15(18)21-8-11(16)19/h2-8H2,1H3,(H2,16,19). The minimum atomic E-state index is -0.393. The molecule has 0 bridgehead atoms. The number of thiophene rings is 1. The predicted molar refractivity (Wildman–Crippen MR) is 90.7 cm³/mol. The van der Waals surface area contributed by atoms with Crippen LogP contribution in [-0.2, 0) is 24.2 Å². The molecule has 0 saturated carbocycles. The molecule has 3 rings (SSSR count). The summed E-state index contributed by atoms with van der Waals surface area (Å²) in [6, 6.07) is 0. The van der Waals surface area contributed by atoms with Crippen molar-refractivity contribution in [2.45, 2.75) is 50.7 Å². The highest BCUT2D eigenvalue weighted by molar-refractivity contribution is 7.99. The van der Waals surface area contributed by atoms with E-state index in [0.29, 0.717) is 11.7 Å². The first-order valence-corrected chi connectivity index (χ1v) is 9.38. The number of nitrogens with zero attached hydrogens (tertiary/aromatic N) is 2. The lowest BCUT2D eigenvalue weighted by atomic mass is 10.2. The molecule has 1 aliphatic rings. The number of carbonyl (C=O) groups excluding carboxylic acids is 1. The Bertz CT molecular complexity index is 779. The van der Waals surface area contributed by atoms with E-state index in [4.69, 9.17) is 5.73 Å². The SMILES string of the molecule is CCCCn1c(SCC(N)=O)nc2sc3c(c2c1=O)CCC3. The van der Waals surface area contributed by atoms with Gasteiger partial charge >= 0.3 is 0 Å². The fourth-order valence-electron chi connectivity index (χ4n) is 2.82. The first kappa shape index (κ1) is 15.6. The van der Waals surface area contributed by atoms with Gasteiger partial charge in [-0.3, -0.25) is 14.2 Å². The second kappa shape index (κ2) is 6.42. The van der Waals surface area contributed by atoms with Crippen LogP contribution >= 0.6 is 23.1 Å². The van der Waals surface area contributed by atoms with Crippen LogP contribution in [0.3, 0.4) is 0 Å². The summed E-state index contributed by atoms with van der Waals surface area (Å²) in [7, 11) is 0. The minimum absolute atomic E-state index is 0.0461. The van der Waals surface area contributed by atoms with Crippen molar-refractivity contribution in [3.8, 4) is 0 Å². The third kappa shape index (κ3) is 2.79. The van der Waals surface area contributed by atoms with Gasteiger partial charge in [-0.2, -0.15) is 0 Å². The van der Waals surface area contributed by atoms with Crippen LogP contribution in [0.15, 0.2) is 9.95 Å². The Morgan fingerprint density at radius 3 is 3.00 bits per heavy atom. The summed E-state index contributed by atoms with van der Waals surface area (Å²) in [6.07, 6.45) is 5.09. The number of hydrogen-bond acceptors (Lipinski definition) is 5. The summed E-state index contributed by atoms with van der Waals surface area (Å²) in [5.74, 6) is -0.245. The number of thioether (sulfide) groups is 1. The third-order valence-corrected chi connectivity index (χ3v) is 6.05. The molecule has 0 radical (unpaired) electrons. The maximum Gasteiger partial charge on any atom is 0.263 e. The van der Waals surface area contributed by atoms with Gasteiger partial charge in [0.1, 0.15) is 4.83 Å². The van der Waals surface area contributed by atoms with Crippen molar-refractivity contribution >= 4 is 39.2 Å². The zero-order valence-corrected chi connectivity index (χ0v) is 14.2. The molecule has 22 heavy (non-hydrogen) atoms. The molecule has 1 aliphatic carbocycles. The van der Waals surface area contributed by atoms with Gasteiger partial charge in [-0.1, -0.05) is 25.1 Å². The minimum Gasteiger partial charge on any atom is -0.369 e. The summed E-state index contributed by atoms with van der Waals surface area (Å²) in [4.78, 5) is 30.7. The molecule has 2 N–H and O–H groups in total. The molecule has 0 aromatic carbocycles. The van der Waals surface area contributed by atoms with Gasteiger partial charge in [-0.05, 0) is 31.2 Å². The Kier molecular flexibility index (Phi) is 4.54. The number of fused-ring (bicyclic) bond motifs is 3. The number of nitrogens with two attached hydrogens (primary N) is 1. The van der Waals surface area contributed by atoms with E-state index in [0.717, 1.165) is 42.3 Å². The summed E-state index contributed by atoms with van der Waals surface area (Å²) in [5.41, 5.74) is 6.48. The van der Waals surface area contributed by atoms with Crippen LogP contribution in [0.2, 0.25) is 0 Å². The zero-order chi connectivity index (χ0) is 15.7. The Morgan fingerprint density at radius 1 is 1.45 bits per heavy atom. The van der Waals surface area contributed by atoms with E-state index >= 15 is 0 Å². The molecular weight excluding hydrogens is 318 g/mol. The number of primary amides is 1. The van der Waals surface area contributed by atoms with E-state index in [-0.39, 0.29) is 11.3 Å². The number of aromatic nitrogens is 2. The molecule has 5 nitrogen and oxygen atoms in total. The van der Waals surface area contributed by atoms with Crippen LogP contribution in [0.25, 0.3) is 10.2 Å². The van der Waals surface area contributed by atoms with Gasteiger partial charge in [0, 0.05) is 11.4 Å². The molecule has 0 saturated heterocycles. The molecular formula is C15H19N3O2S2. The Morgan fingerprint density at radius 2 is 2.27 bits per heavy atom. The number of unbranched alkanes of at least 4 members (excludes halogenated alkanes) is 1. The third-order valence-electron chi connectivity index (χ3n) is 3.87. The monoisotopic (exact) mass is 337 g/mol. The van der Waals surface area contributed by atoms with E-state index in [2.05, 4.69) is 11.9 Å². The average Bonchev–Trinajstić information content (AvgIpc) is 3.04. The first-order chi connectivity index (χ1) is 10.6. The second-order valence-electron chi connectivity index (χ2n) is 5.50. The number of hydrogen-bond donors (Lipinski definition) is 1. The molecule has 118 valence electrons. The van der Waals surface area contributed by atoms with Crippen molar-refractivity contribution in [1.82, 2.24) is 9.55 Å². The molecule has 0 aliphatic heterocycles. The molecule has 0 fully saturated rings. The first-order valence-electron chi connectivity index (χ1n) is 7.58. The van der Waals surface area contributed by atoms with E-state index in [1.807, 2.05) is 0 Å². The van der Waals surface area contributed by atoms with E-state index in [9.17, 15) is 9.59 Å². The number of amides is 1. The lowest BCUT2D eigenvalue weighted by molar-refractivity contribution is -0.115. The van der Waals surface area contributed by atoms with Gasteiger partial charge < -0.3 is 5.73 Å². The smallest absolute Gasteiger partial charge is 0.263 e. The van der Waals surface area contributed by atoms with Crippen molar-refractivity contribution in [1.29, 1.82) is 0 Å². The highest BCUT2D eigenvalue weighted by atomic mass is 32.2. The molecule has 2 aromatic heterocycles. The van der Waals surface area contributed by atoms with Gasteiger partial charge in [0.2, 0.25) is 5.91 Å². The number of aryl methyl sites for hydroxylation is 2. The van der Waals surface area contributed by atoms with Gasteiger partial charge in [-0.15, -0.1) is 11.3 Å². The Hall–Kier alpha value is -1.34. The van der Waals surface area contributed by atoms with E-state index < -0.39 is 5.91 Å². The van der Waals surface area contributed by atoms with E-state index in [1.165, 1.54) is 22.2 Å². The Balaban J connectivity index is 2.12. The van der Waals surface area contributed by atoms with E-state index in [1.54, 1.807) is 15.9 Å². The molecule has 0 spiro atoms. The highest BCUT2D eigenvalue weighted by Crippen LogP contribution is 2.35. The molecule has 1 amide bonds. The topological polar surface area (TPSA) is 78.0 Å². The predicted octanol–water partition coefficient (Wildman–Crippen LogP) is 2.32. The highest BCUT2D eigenvalue weighted by Gasteiger charge is 2.23. The van der Waals surface area contributed by atoms with Crippen molar-refractivity contribution in [2.75, 3.05) is 5.75 Å². The summed E-state index contributed by atoms with van der Waals surface area (Å²) in [5, 5.41) is 1.42. The van der Waals surface area contributed by atoms with Crippen molar-refractivity contribution in [3.63, 3.8) is 0 Å². The average molecular weight is 337 g/mol. The molecule has 2 aromatic rings. The maximum absolute atomic E-state index is 12.9. The molecule has 0 unspecified atom stereocenters. The lowest BCUT2D eigenvalue weighted by Crippen LogP contribution is -2.24. The fourth-order valence-corrected chi connectivity index (χ4v) is 4.88. The zero-order valence-electron chi connectivity index (χ0n) is 12.6. The second-order valence-corrected chi connectivity index (χ2v) is 7.52. The number of rotatable bonds is 6. The number of carbonyl (C=O) groups is 1. The molecule has 2 heterocycles. The van der Waals surface area contributed by atoms with Crippen molar-refractivity contribution in [2.24, 2.45) is 5.73 Å². The van der Waals surface area contributed by atoms with Crippen LogP contribution in [0.1, 0.15) is 36.6 Å². The van der Waals surface area contributed by atoms with Crippen LogP contribution in [0.5, 0.6) is 0 Å². The van der Waals surface area contributed by atoms with Gasteiger partial charge in [0.25, 0.3) is 5.56 Å². The summed E-state index contributed by atoms with van der Waals surface area (Å²) >= 11 is 2.89. The Labute approximate surface area is 136 Å². The molecule has 0 atom stereocenters. The quantitative estimate of drug-likeness (QED) is 0.648. The van der Waals surface area contributed by atoms with Crippen molar-refractivity contribution in [3.05, 3.63) is 20.8 Å². The fraction of sp³-hybridized carbons (Fsp3) is 0.533. The van der Waals surface area contributed by atoms with Crippen LogP contribution in [0, 0.1) is 0 Å². The maximum atomic E-state index is 12.9. The van der Waals surface area contributed by atoms with Gasteiger partial charge in [-0.25, -0.2) is 4.98 Å². The van der Waals surface area contributed by atoms with Crippen molar-refractivity contribution < 1.29 is 4.79 Å². The van der Waals surface area contributed by atoms with Crippen LogP contribution < -0.4 is 11.3 Å². The van der Waals surface area contributed by atoms with Crippen LogP contribution in [-0.4, -0.2) is 21.2 Å². The summed E-state index contributed by atoms with van der Waals surface area (Å²) < 4.78 is 1.73. The van der Waals surface area contributed by atoms with Gasteiger partial charge in [0.05, 0.1) is 11.1 Å². The summed E-state index contributed by atoms with van der Waals surface area (Å²) in [6.45, 7) is 2.74. The van der Waals surface area contributed by atoms with Crippen LogP contribution in [0.4, 0.5) is 0 Å². The largest absolute Gasteiger partial charge is 0.369 e. The lowest BCUT2D eigenvalue weighted by Gasteiger charge is -2.11.